The first-order valence-electron chi connectivity index (χ1n) is 52.4. The summed E-state index contributed by atoms with van der Waals surface area (Å²) in [5.74, 6) is 21.7. The van der Waals surface area contributed by atoms with Gasteiger partial charge in [-0.15, -0.1) is 0 Å². The van der Waals surface area contributed by atoms with E-state index < -0.39 is 35.0 Å². The summed E-state index contributed by atoms with van der Waals surface area (Å²) in [6, 6.07) is 0. The predicted molar refractivity (Wildman–Crippen MR) is 572 cm³/mol. The Hall–Kier alpha value is 2.81. The molecule has 0 atom stereocenters. The van der Waals surface area contributed by atoms with Crippen LogP contribution in [-0.2, 0) is 90.5 Å². The van der Waals surface area contributed by atoms with E-state index in [0.717, 1.165) is 69.6 Å². The van der Waals surface area contributed by atoms with E-state index in [2.05, 4.69) is 138 Å². The minimum absolute atomic E-state index is 0. The summed E-state index contributed by atoms with van der Waals surface area (Å²) in [6.07, 6.45) is 78.6. The topological polar surface area (TPSA) is 36.9 Å². The maximum absolute atomic E-state index is 6.52. The van der Waals surface area contributed by atoms with Crippen molar-refractivity contribution in [3.05, 3.63) is 0 Å². The van der Waals surface area contributed by atoms with Gasteiger partial charge in [-0.1, -0.05) is 413 Å². The largest absolute Gasteiger partial charge is 4.00 e. The van der Waals surface area contributed by atoms with Crippen LogP contribution in [0.25, 0.3) is 0 Å². The fraction of sp³-hybridized carbons (Fsp3) is 0.962. The van der Waals surface area contributed by atoms with Gasteiger partial charge in [0, 0.05) is 0 Å². The number of hydrogen-bond donors (Lipinski definition) is 0. The average molecular weight is 1890 g/mol. The van der Waals surface area contributed by atoms with Gasteiger partial charge >= 0.3 is 21.1 Å². The first-order chi connectivity index (χ1) is 56.2. The van der Waals surface area contributed by atoms with Gasteiger partial charge in [0.05, 0.1) is 26.4 Å². The predicted octanol–water partition coefficient (Wildman–Crippen LogP) is 35.7. The van der Waals surface area contributed by atoms with Crippen LogP contribution < -0.4 is 0 Å². The summed E-state index contributed by atoms with van der Waals surface area (Å²) in [7, 11) is -7.32. The van der Waals surface area contributed by atoms with Crippen LogP contribution in [0.4, 0.5) is 0 Å². The van der Waals surface area contributed by atoms with E-state index in [1.807, 2.05) is 0 Å². The molecule has 0 unspecified atom stereocenters. The van der Waals surface area contributed by atoms with Crippen LogP contribution in [0.15, 0.2) is 0 Å². The molecule has 0 aliphatic heterocycles. The molecule has 0 rings (SSSR count). The Bertz CT molecular complexity index is 1860. The van der Waals surface area contributed by atoms with Crippen molar-refractivity contribution in [1.82, 2.24) is 0 Å². The fourth-order valence-electron chi connectivity index (χ4n) is 18.2. The van der Waals surface area contributed by atoms with Gasteiger partial charge in [-0.2, -0.15) is 0 Å². The third kappa shape index (κ3) is 55.6. The zero-order valence-electron chi connectivity index (χ0n) is 83.9. The maximum Gasteiger partial charge on any atom is 4.00 e. The molecular formula is C104H220MoO4S8. The molecule has 4 nitrogen and oxygen atoms in total. The molecule has 0 aliphatic carbocycles. The first kappa shape index (κ1) is 128. The summed E-state index contributed by atoms with van der Waals surface area (Å²) in [5, 5.41) is 0. The Kier molecular flexibility index (Phi) is 93.8. The fourth-order valence-corrected chi connectivity index (χ4v) is 47.1. The number of unbranched alkanes of at least 4 members (excludes halogenated alkanes) is 40. The number of rotatable bonds is 80. The van der Waals surface area contributed by atoms with Gasteiger partial charge < -0.3 is 69.5 Å². The molecule has 0 radical (unpaired) electrons. The van der Waals surface area contributed by atoms with Crippen molar-refractivity contribution in [2.24, 2.45) is 0 Å². The second-order valence-corrected chi connectivity index (χ2v) is 62.0. The van der Waals surface area contributed by atoms with Crippen molar-refractivity contribution < 1.29 is 40.0 Å². The summed E-state index contributed by atoms with van der Waals surface area (Å²) in [4.78, 5) is 0. The standard InChI is InChI=1S/4C26H56OS2.Mo/c4*1-6-11-16-21-27-26(28)29(22-17-12-7-2,23-18-13-8-3,24-19-14-9-4)25-20-15-10-5;/h4*28H,6-25H2,1-5H3;/q;;;;+4/p-4. The molecule has 0 bridgehead atoms. The van der Waals surface area contributed by atoms with Crippen molar-refractivity contribution in [2.75, 3.05) is 118 Å². The zero-order valence-corrected chi connectivity index (χ0v) is 92.4. The van der Waals surface area contributed by atoms with Crippen LogP contribution in [-0.4, -0.2) is 136 Å². The second kappa shape index (κ2) is 85.6. The van der Waals surface area contributed by atoms with Crippen molar-refractivity contribution in [3.8, 4) is 0 Å². The monoisotopic (exact) mass is 1890 g/mol. The van der Waals surface area contributed by atoms with E-state index in [1.165, 1.54) is 452 Å². The maximum atomic E-state index is 6.52. The summed E-state index contributed by atoms with van der Waals surface area (Å²) in [5.41, 5.74) is 0. The van der Waals surface area contributed by atoms with Crippen LogP contribution in [0, 0.1) is 0 Å². The SMILES string of the molecule is CCCCCOC([S-])=S(CCCCC)(CCCCC)(CCCCC)CCCCC.CCCCCOC([S-])=S(CCCCC)(CCCCC)(CCCCC)CCCCC.CCCCCOC([S-])=S(CCCCC)(CCCCC)(CCCCC)CCCCC.CCCCCOC([S-])=S(CCCCC)(CCCCC)(CCCCC)CCCCC.[Mo+4]. The number of hydrogen-bond acceptors (Lipinski definition) is 8. The molecular weight excluding hydrogens is 1670 g/mol. The van der Waals surface area contributed by atoms with E-state index >= 15 is 0 Å². The number of ether oxygens (including phenoxy) is 4. The molecule has 0 aliphatic rings. The third-order valence-electron chi connectivity index (χ3n) is 26.3. The average Bonchev–Trinajstić information content (AvgIpc) is 0.772. The summed E-state index contributed by atoms with van der Waals surface area (Å²) < 4.78 is 30.5. The molecule has 0 aromatic rings. The molecule has 0 amide bonds. The minimum Gasteiger partial charge on any atom is -0.726 e. The van der Waals surface area contributed by atoms with Crippen molar-refractivity contribution >= 4 is 103 Å². The third-order valence-corrected chi connectivity index (χ3v) is 58.4. The van der Waals surface area contributed by atoms with E-state index in [1.54, 1.807) is 0 Å². The molecule has 0 aromatic heterocycles. The quantitative estimate of drug-likeness (QED) is 0.0258. The molecule has 117 heavy (non-hydrogen) atoms. The molecule has 714 valence electrons. The van der Waals surface area contributed by atoms with Crippen LogP contribution in [0.5, 0.6) is 0 Å². The van der Waals surface area contributed by atoms with Gasteiger partial charge in [-0.05, 0) is 220 Å². The smallest absolute Gasteiger partial charge is 0.726 e. The van der Waals surface area contributed by atoms with E-state index in [-0.39, 0.29) is 21.1 Å². The molecule has 0 saturated heterocycles. The molecule has 13 heteroatoms. The first-order valence-corrected chi connectivity index (χ1v) is 64.9. The van der Waals surface area contributed by atoms with Crippen molar-refractivity contribution in [2.45, 2.75) is 524 Å². The van der Waals surface area contributed by atoms with E-state index in [9.17, 15) is 0 Å². The molecule has 0 heterocycles. The Morgan fingerprint density at radius 1 is 0.137 bits per heavy atom. The van der Waals surface area contributed by atoms with Gasteiger partial charge in [0.2, 0.25) is 0 Å². The Morgan fingerprint density at radius 3 is 0.291 bits per heavy atom. The molecule has 0 saturated carbocycles. The van der Waals surface area contributed by atoms with Gasteiger partial charge in [0.15, 0.2) is 0 Å². The van der Waals surface area contributed by atoms with Gasteiger partial charge in [0.25, 0.3) is 0 Å². The van der Waals surface area contributed by atoms with Crippen LogP contribution in [0.3, 0.4) is 0 Å². The normalized spacial score (nSPS) is 13.3. The minimum atomic E-state index is -1.83. The summed E-state index contributed by atoms with van der Waals surface area (Å²) >= 11 is 25.1. The molecule has 0 N–H and O–H groups in total. The van der Waals surface area contributed by atoms with Crippen LogP contribution >= 0.6 is 35.0 Å². The van der Waals surface area contributed by atoms with Crippen molar-refractivity contribution in [3.63, 3.8) is 0 Å². The Balaban J connectivity index is -0.000000475. The van der Waals surface area contributed by atoms with E-state index in [4.69, 9.17) is 69.5 Å². The van der Waals surface area contributed by atoms with Crippen molar-refractivity contribution in [1.29, 1.82) is 0 Å². The van der Waals surface area contributed by atoms with E-state index in [0.29, 0.717) is 0 Å². The van der Waals surface area contributed by atoms with Crippen LogP contribution in [0.1, 0.15) is 524 Å². The Morgan fingerprint density at radius 2 is 0.214 bits per heavy atom. The molecule has 0 aromatic carbocycles. The van der Waals surface area contributed by atoms with Gasteiger partial charge in [0.1, 0.15) is 0 Å². The van der Waals surface area contributed by atoms with Gasteiger partial charge in [-0.3, -0.25) is 0 Å². The van der Waals surface area contributed by atoms with Crippen LogP contribution in [0.2, 0.25) is 0 Å². The Labute approximate surface area is 778 Å². The second-order valence-electron chi connectivity index (χ2n) is 37.0. The molecule has 0 fully saturated rings. The van der Waals surface area contributed by atoms with Gasteiger partial charge in [-0.25, -0.2) is 35.0 Å². The molecule has 0 spiro atoms. The zero-order chi connectivity index (χ0) is 87.5. The summed E-state index contributed by atoms with van der Waals surface area (Å²) in [6.45, 7) is 49.8.